The van der Waals surface area contributed by atoms with Gasteiger partial charge in [-0.3, -0.25) is 4.90 Å². The highest BCUT2D eigenvalue weighted by Crippen LogP contribution is 2.25. The summed E-state index contributed by atoms with van der Waals surface area (Å²) in [6.45, 7) is 3.65. The lowest BCUT2D eigenvalue weighted by atomic mass is 10.1. The summed E-state index contributed by atoms with van der Waals surface area (Å²) in [5.41, 5.74) is 0. The van der Waals surface area contributed by atoms with Crippen molar-refractivity contribution in [3.05, 3.63) is 0 Å². The number of nitrogens with zero attached hydrogens (tertiary/aromatic N) is 1. The van der Waals surface area contributed by atoms with Gasteiger partial charge in [-0.15, -0.1) is 0 Å². The summed E-state index contributed by atoms with van der Waals surface area (Å²) in [5.74, 6) is 0. The Hall–Kier alpha value is -0.120. The van der Waals surface area contributed by atoms with Crippen LogP contribution in [0.4, 0.5) is 0 Å². The molecule has 3 nitrogen and oxygen atoms in total. The topological polar surface area (TPSA) is 32.7 Å². The molecule has 1 N–H and O–H groups in total. The van der Waals surface area contributed by atoms with Crippen LogP contribution in [-0.4, -0.2) is 48.5 Å². The largest absolute Gasteiger partial charge is 0.396 e. The molecule has 1 saturated carbocycles. The molecule has 1 heterocycles. The van der Waals surface area contributed by atoms with Gasteiger partial charge >= 0.3 is 0 Å². The first-order chi connectivity index (χ1) is 8.90. The number of aliphatic hydroxyl groups is 1. The molecule has 0 bridgehead atoms. The molecule has 1 atom stereocenters. The summed E-state index contributed by atoms with van der Waals surface area (Å²) in [6.07, 6.45) is 11.9. The average molecular weight is 255 g/mol. The van der Waals surface area contributed by atoms with Gasteiger partial charge in [0.05, 0.1) is 6.10 Å². The van der Waals surface area contributed by atoms with Gasteiger partial charge in [0, 0.05) is 25.8 Å². The molecule has 1 unspecified atom stereocenters. The monoisotopic (exact) mass is 255 g/mol. The molecule has 0 aromatic heterocycles. The van der Waals surface area contributed by atoms with E-state index in [1.807, 2.05) is 0 Å². The minimum atomic E-state index is 0.342. The smallest absolute Gasteiger partial charge is 0.0702 e. The Morgan fingerprint density at radius 2 is 1.83 bits per heavy atom. The Balaban J connectivity index is 1.73. The van der Waals surface area contributed by atoms with Gasteiger partial charge < -0.3 is 9.84 Å². The Morgan fingerprint density at radius 1 is 1.00 bits per heavy atom. The number of ether oxygens (including phenoxy) is 1. The molecule has 0 spiro atoms. The van der Waals surface area contributed by atoms with E-state index < -0.39 is 0 Å². The van der Waals surface area contributed by atoms with Crippen LogP contribution in [0, 0.1) is 0 Å². The first-order valence-corrected chi connectivity index (χ1v) is 7.86. The van der Waals surface area contributed by atoms with Crippen molar-refractivity contribution in [2.75, 3.05) is 26.3 Å². The lowest BCUT2D eigenvalue weighted by Crippen LogP contribution is -2.39. The van der Waals surface area contributed by atoms with Crippen LogP contribution in [0.25, 0.3) is 0 Å². The van der Waals surface area contributed by atoms with E-state index >= 15 is 0 Å². The molecule has 1 aliphatic heterocycles. The summed E-state index contributed by atoms with van der Waals surface area (Å²) in [4.78, 5) is 2.68. The molecule has 1 saturated heterocycles. The highest BCUT2D eigenvalue weighted by atomic mass is 16.5. The van der Waals surface area contributed by atoms with Crippen LogP contribution in [0.3, 0.4) is 0 Å². The quantitative estimate of drug-likeness (QED) is 0.677. The van der Waals surface area contributed by atoms with E-state index in [0.29, 0.717) is 12.7 Å². The van der Waals surface area contributed by atoms with Gasteiger partial charge in [0.2, 0.25) is 0 Å². The van der Waals surface area contributed by atoms with E-state index in [9.17, 15) is 0 Å². The molecule has 106 valence electrons. The van der Waals surface area contributed by atoms with Crippen LogP contribution >= 0.6 is 0 Å². The number of aliphatic hydroxyl groups excluding tert-OH is 1. The van der Waals surface area contributed by atoms with Crippen molar-refractivity contribution in [2.45, 2.75) is 69.9 Å². The molecule has 2 rings (SSSR count). The minimum absolute atomic E-state index is 0.342. The fourth-order valence-electron chi connectivity index (χ4n) is 3.35. The first kappa shape index (κ1) is 14.3. The van der Waals surface area contributed by atoms with Gasteiger partial charge in [0.25, 0.3) is 0 Å². The maximum absolute atomic E-state index is 8.84. The molecule has 0 aromatic carbocycles. The molecule has 2 aliphatic rings. The third-order valence-electron chi connectivity index (χ3n) is 4.41. The maximum Gasteiger partial charge on any atom is 0.0702 e. The van der Waals surface area contributed by atoms with Gasteiger partial charge in [0.1, 0.15) is 0 Å². The van der Waals surface area contributed by atoms with E-state index in [1.54, 1.807) is 0 Å². The maximum atomic E-state index is 8.84. The Morgan fingerprint density at radius 3 is 2.50 bits per heavy atom. The second kappa shape index (κ2) is 8.13. The van der Waals surface area contributed by atoms with E-state index in [-0.39, 0.29) is 0 Å². The van der Waals surface area contributed by atoms with Gasteiger partial charge in [-0.2, -0.15) is 0 Å². The van der Waals surface area contributed by atoms with Crippen LogP contribution < -0.4 is 0 Å². The zero-order valence-electron chi connectivity index (χ0n) is 11.6. The van der Waals surface area contributed by atoms with Crippen molar-refractivity contribution in [3.8, 4) is 0 Å². The third kappa shape index (κ3) is 4.52. The summed E-state index contributed by atoms with van der Waals surface area (Å²) in [7, 11) is 0. The minimum Gasteiger partial charge on any atom is -0.396 e. The number of rotatable bonds is 8. The Kier molecular flexibility index (Phi) is 6.46. The van der Waals surface area contributed by atoms with Crippen molar-refractivity contribution in [1.29, 1.82) is 0 Å². The highest BCUT2D eigenvalue weighted by Gasteiger charge is 2.26. The van der Waals surface area contributed by atoms with Gasteiger partial charge in [-0.25, -0.2) is 0 Å². The number of hydrogen-bond donors (Lipinski definition) is 1. The lowest BCUT2D eigenvalue weighted by molar-refractivity contribution is 0.0566. The van der Waals surface area contributed by atoms with Crippen molar-refractivity contribution >= 4 is 0 Å². The second-order valence-corrected chi connectivity index (χ2v) is 5.85. The van der Waals surface area contributed by atoms with Crippen LogP contribution in [0.5, 0.6) is 0 Å². The zero-order valence-corrected chi connectivity index (χ0v) is 11.6. The summed E-state index contributed by atoms with van der Waals surface area (Å²) in [5, 5.41) is 8.84. The van der Waals surface area contributed by atoms with E-state index in [0.717, 1.165) is 32.0 Å². The second-order valence-electron chi connectivity index (χ2n) is 5.85. The predicted molar refractivity (Wildman–Crippen MR) is 73.7 cm³/mol. The number of unbranched alkanes of at least 4 members (excludes halogenated alkanes) is 2. The molecular formula is C15H29NO2. The van der Waals surface area contributed by atoms with Gasteiger partial charge in [-0.05, 0) is 51.5 Å². The van der Waals surface area contributed by atoms with Gasteiger partial charge in [-0.1, -0.05) is 12.8 Å². The molecule has 3 heteroatoms. The zero-order chi connectivity index (χ0) is 12.6. The Bertz CT molecular complexity index is 211. The number of hydrogen-bond acceptors (Lipinski definition) is 3. The fraction of sp³-hybridized carbons (Fsp3) is 1.00. The normalized spacial score (nSPS) is 25.3. The van der Waals surface area contributed by atoms with Crippen molar-refractivity contribution in [1.82, 2.24) is 4.90 Å². The van der Waals surface area contributed by atoms with Crippen LogP contribution in [-0.2, 0) is 4.74 Å². The summed E-state index contributed by atoms with van der Waals surface area (Å²) < 4.78 is 5.79. The van der Waals surface area contributed by atoms with E-state index in [1.165, 1.54) is 51.5 Å². The third-order valence-corrected chi connectivity index (χ3v) is 4.41. The van der Waals surface area contributed by atoms with Crippen LogP contribution in [0.15, 0.2) is 0 Å². The molecular weight excluding hydrogens is 226 g/mol. The summed E-state index contributed by atoms with van der Waals surface area (Å²) >= 11 is 0. The summed E-state index contributed by atoms with van der Waals surface area (Å²) in [6, 6.07) is 0.809. The standard InChI is InChI=1S/C15H29NO2/c17-11-5-1-4-10-16(14-7-2-3-8-14)13-15-9-6-12-18-15/h14-15,17H,1-13H2. The van der Waals surface area contributed by atoms with Crippen LogP contribution in [0.1, 0.15) is 57.8 Å². The Labute approximate surface area is 112 Å². The van der Waals surface area contributed by atoms with Crippen molar-refractivity contribution < 1.29 is 9.84 Å². The van der Waals surface area contributed by atoms with Crippen molar-refractivity contribution in [3.63, 3.8) is 0 Å². The van der Waals surface area contributed by atoms with Gasteiger partial charge in [0.15, 0.2) is 0 Å². The van der Waals surface area contributed by atoms with Crippen molar-refractivity contribution in [2.24, 2.45) is 0 Å². The molecule has 2 fully saturated rings. The molecule has 1 aliphatic carbocycles. The molecule has 18 heavy (non-hydrogen) atoms. The predicted octanol–water partition coefficient (Wildman–Crippen LogP) is 2.57. The van der Waals surface area contributed by atoms with Crippen LogP contribution in [0.2, 0.25) is 0 Å². The highest BCUT2D eigenvalue weighted by molar-refractivity contribution is 4.80. The molecule has 0 amide bonds. The van der Waals surface area contributed by atoms with E-state index in [4.69, 9.17) is 9.84 Å². The van der Waals surface area contributed by atoms with E-state index in [2.05, 4.69) is 4.90 Å². The molecule has 0 radical (unpaired) electrons. The first-order valence-electron chi connectivity index (χ1n) is 7.86. The average Bonchev–Trinajstić information content (AvgIpc) is 3.05. The molecule has 0 aromatic rings. The SMILES string of the molecule is OCCCCCN(CC1CCCO1)C1CCCC1. The fourth-order valence-corrected chi connectivity index (χ4v) is 3.35. The lowest BCUT2D eigenvalue weighted by Gasteiger charge is -2.31.